The minimum Gasteiger partial charge on any atom is -0.356 e. The first-order valence-corrected chi connectivity index (χ1v) is 6.87. The molecule has 6 heteroatoms. The topological polar surface area (TPSA) is 49.4 Å². The van der Waals surface area contributed by atoms with E-state index in [0.717, 1.165) is 6.42 Å². The number of likely N-dealkylation sites (tertiary alicyclic amines) is 1. The lowest BCUT2D eigenvalue weighted by molar-refractivity contribution is -0.162. The van der Waals surface area contributed by atoms with Crippen LogP contribution in [0.4, 0.5) is 8.78 Å². The average Bonchev–Trinajstić information content (AvgIpc) is 2.68. The van der Waals surface area contributed by atoms with E-state index in [9.17, 15) is 18.4 Å². The zero-order valence-corrected chi connectivity index (χ0v) is 10.8. The molecule has 3 rings (SSSR count). The van der Waals surface area contributed by atoms with Gasteiger partial charge in [0.2, 0.25) is 17.7 Å². The van der Waals surface area contributed by atoms with Gasteiger partial charge in [-0.15, -0.1) is 0 Å². The van der Waals surface area contributed by atoms with Crippen molar-refractivity contribution in [2.45, 2.75) is 38.0 Å². The number of nitrogens with zero attached hydrogens (tertiary/aromatic N) is 1. The smallest absolute Gasteiger partial charge is 0.249 e. The Morgan fingerprint density at radius 1 is 1.21 bits per heavy atom. The van der Waals surface area contributed by atoms with E-state index in [4.69, 9.17) is 0 Å². The second-order valence-corrected chi connectivity index (χ2v) is 6.07. The van der Waals surface area contributed by atoms with Crippen LogP contribution in [-0.4, -0.2) is 42.3 Å². The fraction of sp³-hybridized carbons (Fsp3) is 0.846. The number of alkyl halides is 2. The first kappa shape index (κ1) is 12.8. The normalized spacial score (nSPS) is 29.2. The number of carbonyl (C=O) groups excluding carboxylic acids is 2. The summed E-state index contributed by atoms with van der Waals surface area (Å²) in [4.78, 5) is 25.5. The molecule has 0 aromatic heterocycles. The third-order valence-corrected chi connectivity index (χ3v) is 4.84. The maximum absolute atomic E-state index is 12.8. The highest BCUT2D eigenvalue weighted by atomic mass is 19.3. The molecule has 4 nitrogen and oxygen atoms in total. The third-order valence-electron chi connectivity index (χ3n) is 4.84. The second-order valence-electron chi connectivity index (χ2n) is 6.07. The lowest BCUT2D eigenvalue weighted by atomic mass is 9.75. The van der Waals surface area contributed by atoms with Crippen LogP contribution in [0.2, 0.25) is 0 Å². The fourth-order valence-electron chi connectivity index (χ4n) is 3.44. The number of carbonyl (C=O) groups is 2. The number of piperidine rings is 1. The summed E-state index contributed by atoms with van der Waals surface area (Å²) >= 11 is 0. The Morgan fingerprint density at radius 2 is 1.84 bits per heavy atom. The first-order valence-electron chi connectivity index (χ1n) is 6.87. The van der Waals surface area contributed by atoms with Crippen molar-refractivity contribution in [1.82, 2.24) is 10.2 Å². The van der Waals surface area contributed by atoms with Crippen LogP contribution in [0.25, 0.3) is 0 Å². The molecule has 2 saturated heterocycles. The van der Waals surface area contributed by atoms with E-state index in [1.54, 1.807) is 4.90 Å². The molecule has 0 unspecified atom stereocenters. The zero-order valence-electron chi connectivity index (χ0n) is 10.8. The molecule has 2 amide bonds. The predicted molar refractivity (Wildman–Crippen MR) is 63.5 cm³/mol. The molecule has 0 aromatic rings. The van der Waals surface area contributed by atoms with Crippen molar-refractivity contribution >= 4 is 11.8 Å². The molecule has 3 aliphatic rings. The zero-order chi connectivity index (χ0) is 13.7. The highest BCUT2D eigenvalue weighted by Gasteiger charge is 2.51. The predicted octanol–water partition coefficient (Wildman–Crippen LogP) is 1.16. The van der Waals surface area contributed by atoms with E-state index >= 15 is 0 Å². The number of nitrogens with one attached hydrogen (secondary N) is 1. The maximum atomic E-state index is 12.8. The van der Waals surface area contributed by atoms with Crippen molar-refractivity contribution in [2.24, 2.45) is 11.3 Å². The minimum absolute atomic E-state index is 0.0924. The molecule has 1 saturated carbocycles. The molecule has 1 N–H and O–H groups in total. The molecule has 0 aromatic carbocycles. The Hall–Kier alpha value is -1.20. The van der Waals surface area contributed by atoms with Crippen molar-refractivity contribution in [1.29, 1.82) is 0 Å². The molecule has 0 bridgehead atoms. The van der Waals surface area contributed by atoms with Gasteiger partial charge in [0.15, 0.2) is 0 Å². The largest absolute Gasteiger partial charge is 0.356 e. The van der Waals surface area contributed by atoms with E-state index in [2.05, 4.69) is 5.32 Å². The van der Waals surface area contributed by atoms with Gasteiger partial charge in [-0.2, -0.15) is 0 Å². The number of rotatable bonds is 1. The van der Waals surface area contributed by atoms with Gasteiger partial charge in [-0.25, -0.2) is 8.78 Å². The van der Waals surface area contributed by atoms with Gasteiger partial charge in [0, 0.05) is 38.4 Å². The number of hydrogen-bond acceptors (Lipinski definition) is 2. The van der Waals surface area contributed by atoms with Crippen LogP contribution in [0.15, 0.2) is 0 Å². The summed E-state index contributed by atoms with van der Waals surface area (Å²) in [5.41, 5.74) is -0.305. The van der Waals surface area contributed by atoms with Gasteiger partial charge in [0.05, 0.1) is 5.41 Å². The van der Waals surface area contributed by atoms with Crippen molar-refractivity contribution in [3.8, 4) is 0 Å². The van der Waals surface area contributed by atoms with Gasteiger partial charge >= 0.3 is 0 Å². The lowest BCUT2D eigenvalue weighted by Crippen LogP contribution is -2.51. The van der Waals surface area contributed by atoms with Crippen LogP contribution in [0.5, 0.6) is 0 Å². The Bertz CT molecular complexity index is 409. The Kier molecular flexibility index (Phi) is 2.80. The molecule has 0 radical (unpaired) electrons. The summed E-state index contributed by atoms with van der Waals surface area (Å²) in [6, 6.07) is 0. The maximum Gasteiger partial charge on any atom is 0.249 e. The molecule has 19 heavy (non-hydrogen) atoms. The van der Waals surface area contributed by atoms with Crippen LogP contribution >= 0.6 is 0 Å². The van der Waals surface area contributed by atoms with Crippen LogP contribution in [0.1, 0.15) is 32.1 Å². The molecule has 2 aliphatic heterocycles. The highest BCUT2D eigenvalue weighted by Crippen LogP contribution is 2.44. The quantitative estimate of drug-likeness (QED) is 0.778. The Labute approximate surface area is 110 Å². The molecule has 106 valence electrons. The fourth-order valence-corrected chi connectivity index (χ4v) is 3.44. The van der Waals surface area contributed by atoms with Crippen molar-refractivity contribution in [2.75, 3.05) is 19.6 Å². The lowest BCUT2D eigenvalue weighted by Gasteiger charge is -2.42. The second kappa shape index (κ2) is 4.15. The summed E-state index contributed by atoms with van der Waals surface area (Å²) in [6.45, 7) is 1.75. The first-order chi connectivity index (χ1) is 8.92. The van der Waals surface area contributed by atoms with Crippen molar-refractivity contribution < 1.29 is 18.4 Å². The van der Waals surface area contributed by atoms with Gasteiger partial charge in [0.25, 0.3) is 0 Å². The summed E-state index contributed by atoms with van der Waals surface area (Å²) < 4.78 is 25.6. The van der Waals surface area contributed by atoms with E-state index in [-0.39, 0.29) is 30.1 Å². The Morgan fingerprint density at radius 3 is 2.32 bits per heavy atom. The van der Waals surface area contributed by atoms with Gasteiger partial charge in [0.1, 0.15) is 0 Å². The molecular weight excluding hydrogens is 254 g/mol. The van der Waals surface area contributed by atoms with Crippen molar-refractivity contribution in [3.63, 3.8) is 0 Å². The standard InChI is InChI=1S/C13H18F2N2O2/c14-13(15)7-9(8-13)10(18)17-5-2-12(3-6-17)1-4-16-11(12)19/h9H,1-8H2,(H,16,19). The number of hydrogen-bond donors (Lipinski definition) is 1. The van der Waals surface area contributed by atoms with Gasteiger partial charge < -0.3 is 10.2 Å². The summed E-state index contributed by atoms with van der Waals surface area (Å²) in [6.07, 6.45) is 1.53. The van der Waals surface area contributed by atoms with E-state index in [1.807, 2.05) is 0 Å². The Balaban J connectivity index is 1.56. The van der Waals surface area contributed by atoms with E-state index in [0.29, 0.717) is 32.5 Å². The van der Waals surface area contributed by atoms with E-state index in [1.165, 1.54) is 0 Å². The summed E-state index contributed by atoms with van der Waals surface area (Å²) in [5.74, 6) is -3.22. The van der Waals surface area contributed by atoms with Gasteiger partial charge in [-0.05, 0) is 19.3 Å². The van der Waals surface area contributed by atoms with Crippen LogP contribution in [-0.2, 0) is 9.59 Å². The molecule has 2 heterocycles. The van der Waals surface area contributed by atoms with Crippen LogP contribution in [0.3, 0.4) is 0 Å². The highest BCUT2D eigenvalue weighted by molar-refractivity contribution is 5.85. The minimum atomic E-state index is -2.65. The molecule has 0 atom stereocenters. The molecular formula is C13H18F2N2O2. The molecule has 1 aliphatic carbocycles. The average molecular weight is 272 g/mol. The SMILES string of the molecule is O=C(C1CC(F)(F)C1)N1CCC2(CCNC2=O)CC1. The van der Waals surface area contributed by atoms with Gasteiger partial charge in [-0.3, -0.25) is 9.59 Å². The summed E-state index contributed by atoms with van der Waals surface area (Å²) in [7, 11) is 0. The molecule has 3 fully saturated rings. The number of amides is 2. The van der Waals surface area contributed by atoms with E-state index < -0.39 is 11.8 Å². The third kappa shape index (κ3) is 2.11. The van der Waals surface area contributed by atoms with Crippen molar-refractivity contribution in [3.05, 3.63) is 0 Å². The van der Waals surface area contributed by atoms with Crippen LogP contribution < -0.4 is 5.32 Å². The molecule has 1 spiro atoms. The summed E-state index contributed by atoms with van der Waals surface area (Å²) in [5, 5.41) is 2.84. The monoisotopic (exact) mass is 272 g/mol. The van der Waals surface area contributed by atoms with Gasteiger partial charge in [-0.1, -0.05) is 0 Å². The van der Waals surface area contributed by atoms with Crippen LogP contribution in [0, 0.1) is 11.3 Å². The number of halogens is 2.